The van der Waals surface area contributed by atoms with E-state index in [4.69, 9.17) is 0 Å². The maximum atomic E-state index is 13.7. The molecule has 0 spiro atoms. The summed E-state index contributed by atoms with van der Waals surface area (Å²) in [6, 6.07) is 3.72. The number of carbonyl (C=O) groups is 1. The fourth-order valence-corrected chi connectivity index (χ4v) is 1.72. The van der Waals surface area contributed by atoms with Crippen LogP contribution in [0.5, 0.6) is 0 Å². The Hall–Kier alpha value is -1.49. The second kappa shape index (κ2) is 5.23. The average molecular weight is 243 g/mol. The SMILES string of the molecule is CCNC(C)(C(=O)OC)c1cccc(F)c1F. The molecular formula is C12H15F2NO2. The molecule has 3 nitrogen and oxygen atoms in total. The van der Waals surface area contributed by atoms with Gasteiger partial charge in [-0.2, -0.15) is 0 Å². The highest BCUT2D eigenvalue weighted by Crippen LogP contribution is 2.26. The zero-order valence-corrected chi connectivity index (χ0v) is 10.0. The molecule has 0 heterocycles. The lowest BCUT2D eigenvalue weighted by Gasteiger charge is -2.28. The Kier molecular flexibility index (Phi) is 4.17. The molecule has 0 saturated carbocycles. The number of ether oxygens (including phenoxy) is 1. The summed E-state index contributed by atoms with van der Waals surface area (Å²) in [5.74, 6) is -2.69. The van der Waals surface area contributed by atoms with E-state index >= 15 is 0 Å². The van der Waals surface area contributed by atoms with Gasteiger partial charge >= 0.3 is 5.97 Å². The van der Waals surface area contributed by atoms with Gasteiger partial charge in [0, 0.05) is 5.56 Å². The van der Waals surface area contributed by atoms with Crippen molar-refractivity contribution in [1.82, 2.24) is 5.32 Å². The predicted molar refractivity (Wildman–Crippen MR) is 59.4 cm³/mol. The Balaban J connectivity index is 3.32. The Morgan fingerprint density at radius 1 is 1.47 bits per heavy atom. The van der Waals surface area contributed by atoms with Crippen molar-refractivity contribution in [2.75, 3.05) is 13.7 Å². The second-order valence-electron chi connectivity index (χ2n) is 3.75. The van der Waals surface area contributed by atoms with Crippen molar-refractivity contribution < 1.29 is 18.3 Å². The van der Waals surface area contributed by atoms with Crippen LogP contribution in [0.4, 0.5) is 8.78 Å². The first-order valence-corrected chi connectivity index (χ1v) is 5.25. The van der Waals surface area contributed by atoms with Gasteiger partial charge in [-0.1, -0.05) is 19.1 Å². The van der Waals surface area contributed by atoms with Crippen LogP contribution >= 0.6 is 0 Å². The first kappa shape index (κ1) is 13.6. The fourth-order valence-electron chi connectivity index (χ4n) is 1.72. The van der Waals surface area contributed by atoms with Crippen LogP contribution in [-0.4, -0.2) is 19.6 Å². The van der Waals surface area contributed by atoms with Crippen LogP contribution in [0.2, 0.25) is 0 Å². The molecule has 0 fully saturated rings. The number of rotatable bonds is 4. The zero-order chi connectivity index (χ0) is 13.1. The highest BCUT2D eigenvalue weighted by Gasteiger charge is 2.38. The van der Waals surface area contributed by atoms with Crippen molar-refractivity contribution in [3.05, 3.63) is 35.4 Å². The van der Waals surface area contributed by atoms with Gasteiger partial charge in [0.05, 0.1) is 7.11 Å². The Morgan fingerprint density at radius 2 is 2.12 bits per heavy atom. The molecular weight excluding hydrogens is 228 g/mol. The Morgan fingerprint density at radius 3 is 2.65 bits per heavy atom. The molecule has 5 heteroatoms. The quantitative estimate of drug-likeness (QED) is 0.821. The van der Waals surface area contributed by atoms with Gasteiger partial charge in [0.1, 0.15) is 5.54 Å². The Labute approximate surface area is 98.8 Å². The van der Waals surface area contributed by atoms with E-state index in [1.54, 1.807) is 6.92 Å². The van der Waals surface area contributed by atoms with Crippen molar-refractivity contribution in [1.29, 1.82) is 0 Å². The molecule has 1 unspecified atom stereocenters. The van der Waals surface area contributed by atoms with Crippen LogP contribution in [-0.2, 0) is 15.1 Å². The number of esters is 1. The molecule has 0 amide bonds. The molecule has 17 heavy (non-hydrogen) atoms. The van der Waals surface area contributed by atoms with Gasteiger partial charge in [0.2, 0.25) is 0 Å². The van der Waals surface area contributed by atoms with Crippen molar-refractivity contribution in [2.45, 2.75) is 19.4 Å². The number of hydrogen-bond donors (Lipinski definition) is 1. The molecule has 1 N–H and O–H groups in total. The molecule has 0 aliphatic carbocycles. The van der Waals surface area contributed by atoms with Gasteiger partial charge in [-0.3, -0.25) is 5.32 Å². The minimum Gasteiger partial charge on any atom is -0.467 e. The van der Waals surface area contributed by atoms with E-state index in [1.807, 2.05) is 0 Å². The van der Waals surface area contributed by atoms with E-state index in [-0.39, 0.29) is 5.56 Å². The van der Waals surface area contributed by atoms with Crippen LogP contribution < -0.4 is 5.32 Å². The molecule has 94 valence electrons. The number of halogens is 2. The Bertz CT molecular complexity index is 423. The summed E-state index contributed by atoms with van der Waals surface area (Å²) in [4.78, 5) is 11.7. The number of hydrogen-bond acceptors (Lipinski definition) is 3. The van der Waals surface area contributed by atoms with Crippen LogP contribution in [0, 0.1) is 11.6 Å². The number of benzene rings is 1. The van der Waals surface area contributed by atoms with Gasteiger partial charge in [-0.15, -0.1) is 0 Å². The summed E-state index contributed by atoms with van der Waals surface area (Å²) in [5, 5.41) is 2.81. The first-order valence-electron chi connectivity index (χ1n) is 5.25. The van der Waals surface area contributed by atoms with Crippen LogP contribution in [0.25, 0.3) is 0 Å². The minimum absolute atomic E-state index is 0.0637. The summed E-state index contributed by atoms with van der Waals surface area (Å²) in [5.41, 5.74) is -1.46. The van der Waals surface area contributed by atoms with Crippen molar-refractivity contribution >= 4 is 5.97 Å². The summed E-state index contributed by atoms with van der Waals surface area (Å²) < 4.78 is 31.5. The summed E-state index contributed by atoms with van der Waals surface area (Å²) in [6.45, 7) is 3.64. The van der Waals surface area contributed by atoms with E-state index in [0.29, 0.717) is 6.54 Å². The molecule has 0 aliphatic rings. The first-order chi connectivity index (χ1) is 7.97. The molecule has 0 radical (unpaired) electrons. The molecule has 1 aromatic rings. The molecule has 0 bridgehead atoms. The summed E-state index contributed by atoms with van der Waals surface area (Å²) in [6.07, 6.45) is 0. The van der Waals surface area contributed by atoms with Gasteiger partial charge in [-0.05, 0) is 19.5 Å². The number of carbonyl (C=O) groups excluding carboxylic acids is 1. The summed E-state index contributed by atoms with van der Waals surface area (Å²) >= 11 is 0. The van der Waals surface area contributed by atoms with Gasteiger partial charge in [0.15, 0.2) is 11.6 Å². The molecule has 0 saturated heterocycles. The molecule has 1 atom stereocenters. The van der Waals surface area contributed by atoms with Gasteiger partial charge in [0.25, 0.3) is 0 Å². The van der Waals surface area contributed by atoms with Crippen molar-refractivity contribution in [3.63, 3.8) is 0 Å². The smallest absolute Gasteiger partial charge is 0.330 e. The number of likely N-dealkylation sites (N-methyl/N-ethyl adjacent to an activating group) is 1. The van der Waals surface area contributed by atoms with Crippen LogP contribution in [0.1, 0.15) is 19.4 Å². The van der Waals surface area contributed by atoms with E-state index < -0.39 is 23.1 Å². The number of methoxy groups -OCH3 is 1. The molecule has 1 aromatic carbocycles. The van der Waals surface area contributed by atoms with Crippen molar-refractivity contribution in [2.24, 2.45) is 0 Å². The predicted octanol–water partition coefficient (Wildman–Crippen LogP) is 1.96. The highest BCUT2D eigenvalue weighted by atomic mass is 19.2. The topological polar surface area (TPSA) is 38.3 Å². The molecule has 1 rings (SSSR count). The standard InChI is InChI=1S/C12H15F2NO2/c1-4-15-12(2,11(16)17-3)8-6-5-7-9(13)10(8)14/h5-7,15H,4H2,1-3H3. The third-order valence-corrected chi connectivity index (χ3v) is 2.61. The third-order valence-electron chi connectivity index (χ3n) is 2.61. The lowest BCUT2D eigenvalue weighted by molar-refractivity contribution is -0.148. The van der Waals surface area contributed by atoms with Gasteiger partial charge in [-0.25, -0.2) is 13.6 Å². The van der Waals surface area contributed by atoms with Crippen LogP contribution in [0.3, 0.4) is 0 Å². The maximum absolute atomic E-state index is 13.7. The monoisotopic (exact) mass is 243 g/mol. The van der Waals surface area contributed by atoms with E-state index in [2.05, 4.69) is 10.1 Å². The van der Waals surface area contributed by atoms with Gasteiger partial charge < -0.3 is 4.74 Å². The second-order valence-corrected chi connectivity index (χ2v) is 3.75. The lowest BCUT2D eigenvalue weighted by Crippen LogP contribution is -2.48. The van der Waals surface area contributed by atoms with Crippen molar-refractivity contribution in [3.8, 4) is 0 Å². The van der Waals surface area contributed by atoms with E-state index in [9.17, 15) is 13.6 Å². The summed E-state index contributed by atoms with van der Waals surface area (Å²) in [7, 11) is 1.20. The maximum Gasteiger partial charge on any atom is 0.330 e. The van der Waals surface area contributed by atoms with E-state index in [1.165, 1.54) is 26.2 Å². The normalized spacial score (nSPS) is 14.2. The third kappa shape index (κ3) is 2.44. The minimum atomic E-state index is -1.39. The number of nitrogens with one attached hydrogen (secondary N) is 1. The largest absolute Gasteiger partial charge is 0.467 e. The van der Waals surface area contributed by atoms with E-state index in [0.717, 1.165) is 6.07 Å². The lowest BCUT2D eigenvalue weighted by atomic mass is 9.91. The fraction of sp³-hybridized carbons (Fsp3) is 0.417. The molecule has 0 aromatic heterocycles. The average Bonchev–Trinajstić information content (AvgIpc) is 2.31. The van der Waals surface area contributed by atoms with Crippen LogP contribution in [0.15, 0.2) is 18.2 Å². The zero-order valence-electron chi connectivity index (χ0n) is 10.0. The highest BCUT2D eigenvalue weighted by molar-refractivity contribution is 5.82. The molecule has 0 aliphatic heterocycles.